The smallest absolute Gasteiger partial charge is 0.380 e. The second kappa shape index (κ2) is 9.65. The van der Waals surface area contributed by atoms with Crippen LogP contribution in [0.15, 0.2) is 60.7 Å². The summed E-state index contributed by atoms with van der Waals surface area (Å²) in [6, 6.07) is 16.8. The number of alkyl halides is 6. The predicted octanol–water partition coefficient (Wildman–Crippen LogP) is 7.00. The van der Waals surface area contributed by atoms with Crippen LogP contribution < -0.4 is 0 Å². The summed E-state index contributed by atoms with van der Waals surface area (Å²) >= 11 is 0. The zero-order valence-corrected chi connectivity index (χ0v) is 15.8. The van der Waals surface area contributed by atoms with E-state index < -0.39 is 36.7 Å². The second-order valence-corrected chi connectivity index (χ2v) is 7.21. The van der Waals surface area contributed by atoms with E-state index in [-0.39, 0.29) is 25.7 Å². The number of rotatable bonds is 9. The Kier molecular flexibility index (Phi) is 7.74. The Morgan fingerprint density at radius 3 is 1.28 bits per heavy atom. The molecule has 0 unspecified atom stereocenters. The Morgan fingerprint density at radius 2 is 0.966 bits per heavy atom. The highest BCUT2D eigenvalue weighted by Gasteiger charge is 2.41. The van der Waals surface area contributed by atoms with Crippen LogP contribution in [0.4, 0.5) is 26.3 Å². The van der Waals surface area contributed by atoms with Crippen LogP contribution >= 0.6 is 0 Å². The van der Waals surface area contributed by atoms with Crippen molar-refractivity contribution < 1.29 is 31.4 Å². The SMILES string of the molecule is OC(c1ccccc1)(c1ccccc1)C(CCCC(F)(F)F)CCCC(F)(F)F. The van der Waals surface area contributed by atoms with Crippen molar-refractivity contribution in [3.63, 3.8) is 0 Å². The van der Waals surface area contributed by atoms with E-state index in [1.54, 1.807) is 60.7 Å². The maximum atomic E-state index is 12.6. The molecule has 0 bridgehead atoms. The molecule has 160 valence electrons. The van der Waals surface area contributed by atoms with Crippen molar-refractivity contribution in [2.24, 2.45) is 5.92 Å². The van der Waals surface area contributed by atoms with Gasteiger partial charge in [-0.05, 0) is 42.7 Å². The summed E-state index contributed by atoms with van der Waals surface area (Å²) in [5.41, 5.74) is -0.773. The highest BCUT2D eigenvalue weighted by atomic mass is 19.4. The van der Waals surface area contributed by atoms with Crippen LogP contribution in [0.1, 0.15) is 49.7 Å². The number of hydrogen-bond acceptors (Lipinski definition) is 1. The molecule has 2 aromatic rings. The molecular formula is C22H24F6O. The van der Waals surface area contributed by atoms with Gasteiger partial charge in [0.05, 0.1) is 0 Å². The van der Waals surface area contributed by atoms with E-state index in [2.05, 4.69) is 0 Å². The van der Waals surface area contributed by atoms with Gasteiger partial charge >= 0.3 is 12.4 Å². The third-order valence-corrected chi connectivity index (χ3v) is 5.04. The number of halogens is 6. The fraction of sp³-hybridized carbons (Fsp3) is 0.455. The van der Waals surface area contributed by atoms with E-state index in [0.717, 1.165) is 0 Å². The molecule has 2 aromatic carbocycles. The van der Waals surface area contributed by atoms with E-state index in [1.165, 1.54) is 0 Å². The van der Waals surface area contributed by atoms with Crippen molar-refractivity contribution in [3.05, 3.63) is 71.8 Å². The molecule has 0 spiro atoms. The van der Waals surface area contributed by atoms with Gasteiger partial charge in [-0.1, -0.05) is 60.7 Å². The van der Waals surface area contributed by atoms with Gasteiger partial charge in [0.1, 0.15) is 5.60 Å². The Bertz CT molecular complexity index is 665. The average molecular weight is 418 g/mol. The van der Waals surface area contributed by atoms with Gasteiger partial charge in [-0.25, -0.2) is 0 Å². The lowest BCUT2D eigenvalue weighted by Gasteiger charge is -2.38. The van der Waals surface area contributed by atoms with Crippen molar-refractivity contribution in [2.75, 3.05) is 0 Å². The lowest BCUT2D eigenvalue weighted by Crippen LogP contribution is -2.37. The molecule has 29 heavy (non-hydrogen) atoms. The largest absolute Gasteiger partial charge is 0.389 e. The zero-order chi connectivity index (χ0) is 21.5. The van der Waals surface area contributed by atoms with Crippen LogP contribution in [0.3, 0.4) is 0 Å². The average Bonchev–Trinajstić information content (AvgIpc) is 2.66. The van der Waals surface area contributed by atoms with E-state index in [1.807, 2.05) is 0 Å². The molecule has 0 radical (unpaired) electrons. The minimum atomic E-state index is -4.35. The van der Waals surface area contributed by atoms with Crippen LogP contribution in [0.2, 0.25) is 0 Å². The first-order valence-corrected chi connectivity index (χ1v) is 9.49. The molecule has 0 fully saturated rings. The van der Waals surface area contributed by atoms with Crippen molar-refractivity contribution in [3.8, 4) is 0 Å². The summed E-state index contributed by atoms with van der Waals surface area (Å²) in [5, 5.41) is 11.7. The standard InChI is InChI=1S/C22H24F6O/c23-20(24,25)15-7-13-19(14-8-16-21(26,27)28)22(29,17-9-3-1-4-10-17)18-11-5-2-6-12-18/h1-6,9-12,19,29H,7-8,13-16H2. The van der Waals surface area contributed by atoms with Crippen molar-refractivity contribution in [1.29, 1.82) is 0 Å². The molecule has 1 N–H and O–H groups in total. The summed E-state index contributed by atoms with van der Waals surface area (Å²) < 4.78 is 75.9. The van der Waals surface area contributed by atoms with Gasteiger partial charge in [-0.15, -0.1) is 0 Å². The molecule has 0 atom stereocenters. The van der Waals surface area contributed by atoms with Gasteiger partial charge in [-0.2, -0.15) is 26.3 Å². The fourth-order valence-corrected chi connectivity index (χ4v) is 3.68. The summed E-state index contributed by atoms with van der Waals surface area (Å²) in [7, 11) is 0. The van der Waals surface area contributed by atoms with Crippen molar-refractivity contribution >= 4 is 0 Å². The minimum Gasteiger partial charge on any atom is -0.380 e. The Hall–Kier alpha value is -2.02. The van der Waals surface area contributed by atoms with Gasteiger partial charge in [-0.3, -0.25) is 0 Å². The molecule has 2 rings (SSSR count). The monoisotopic (exact) mass is 418 g/mol. The molecule has 0 aliphatic heterocycles. The third-order valence-electron chi connectivity index (χ3n) is 5.04. The topological polar surface area (TPSA) is 20.2 Å². The summed E-state index contributed by atoms with van der Waals surface area (Å²) in [6.45, 7) is 0. The van der Waals surface area contributed by atoms with Gasteiger partial charge in [0.15, 0.2) is 0 Å². The maximum Gasteiger partial charge on any atom is 0.389 e. The van der Waals surface area contributed by atoms with E-state index in [9.17, 15) is 31.4 Å². The molecular weight excluding hydrogens is 394 g/mol. The minimum absolute atomic E-state index is 0.0440. The molecule has 0 saturated heterocycles. The van der Waals surface area contributed by atoms with Crippen LogP contribution in [0.25, 0.3) is 0 Å². The van der Waals surface area contributed by atoms with E-state index in [4.69, 9.17) is 0 Å². The lowest BCUT2D eigenvalue weighted by atomic mass is 9.72. The van der Waals surface area contributed by atoms with Crippen molar-refractivity contribution in [2.45, 2.75) is 56.5 Å². The molecule has 0 aliphatic rings. The molecule has 0 heterocycles. The van der Waals surface area contributed by atoms with Gasteiger partial charge in [0.25, 0.3) is 0 Å². The third kappa shape index (κ3) is 7.07. The summed E-state index contributed by atoms with van der Waals surface area (Å²) in [6.07, 6.45) is -11.4. The first-order chi connectivity index (χ1) is 13.5. The van der Waals surface area contributed by atoms with Gasteiger partial charge in [0, 0.05) is 12.8 Å². The van der Waals surface area contributed by atoms with Gasteiger partial charge < -0.3 is 5.11 Å². The van der Waals surface area contributed by atoms with Crippen LogP contribution in [-0.4, -0.2) is 17.5 Å². The summed E-state index contributed by atoms with van der Waals surface area (Å²) in [4.78, 5) is 0. The summed E-state index contributed by atoms with van der Waals surface area (Å²) in [5.74, 6) is -0.794. The normalized spacial score (nSPS) is 13.1. The van der Waals surface area contributed by atoms with Crippen LogP contribution in [-0.2, 0) is 5.60 Å². The zero-order valence-electron chi connectivity index (χ0n) is 15.8. The van der Waals surface area contributed by atoms with E-state index in [0.29, 0.717) is 11.1 Å². The molecule has 1 nitrogen and oxygen atoms in total. The highest BCUT2D eigenvalue weighted by molar-refractivity contribution is 5.37. The van der Waals surface area contributed by atoms with Crippen LogP contribution in [0, 0.1) is 5.92 Å². The fourth-order valence-electron chi connectivity index (χ4n) is 3.68. The Labute approximate surface area is 166 Å². The second-order valence-electron chi connectivity index (χ2n) is 7.21. The predicted molar refractivity (Wildman–Crippen MR) is 99.2 cm³/mol. The molecule has 0 amide bonds. The van der Waals surface area contributed by atoms with Crippen molar-refractivity contribution in [1.82, 2.24) is 0 Å². The maximum absolute atomic E-state index is 12.6. The first-order valence-electron chi connectivity index (χ1n) is 9.49. The molecule has 0 aromatic heterocycles. The molecule has 0 aliphatic carbocycles. The number of hydrogen-bond donors (Lipinski definition) is 1. The quantitative estimate of drug-likeness (QED) is 0.435. The first kappa shape index (κ1) is 23.3. The molecule has 7 heteroatoms. The molecule has 0 saturated carbocycles. The number of benzene rings is 2. The lowest BCUT2D eigenvalue weighted by molar-refractivity contribution is -0.138. The van der Waals surface area contributed by atoms with Gasteiger partial charge in [0.2, 0.25) is 0 Å². The van der Waals surface area contributed by atoms with Crippen LogP contribution in [0.5, 0.6) is 0 Å². The Balaban J connectivity index is 2.36. The number of aliphatic hydroxyl groups is 1. The van der Waals surface area contributed by atoms with E-state index >= 15 is 0 Å². The highest BCUT2D eigenvalue weighted by Crippen LogP contribution is 2.43. The Morgan fingerprint density at radius 1 is 0.621 bits per heavy atom.